The van der Waals surface area contributed by atoms with Gasteiger partial charge in [0.15, 0.2) is 0 Å². The Labute approximate surface area is 388 Å². The maximum Gasteiger partial charge on any atom is 0.490 e. The van der Waals surface area contributed by atoms with Gasteiger partial charge in [-0.2, -0.15) is 0 Å². The Morgan fingerprint density at radius 2 is 0.750 bits per heavy atom. The van der Waals surface area contributed by atoms with Crippen molar-refractivity contribution >= 4 is 75.2 Å². The van der Waals surface area contributed by atoms with Gasteiger partial charge in [0, 0.05) is 60.4 Å². The van der Waals surface area contributed by atoms with Gasteiger partial charge in [-0.05, 0) is 228 Å². The maximum absolute atomic E-state index is 8.79. The van der Waals surface area contributed by atoms with Crippen LogP contribution in [0.5, 0.6) is 0 Å². The molecule has 7 N–H and O–H groups in total. The molecule has 0 bridgehead atoms. The SMILES string of the molecule is CC(C)Nc1ccc(B(O)O)cn1.CCC.Cc1c(C)c(-c2ccc(NC(C)C)nc2)c(C)c(C)c1-c1ccc(NC(C)C)nc1.Cc1c(C)c(I)c(C)c(C)c1I.OO. The summed E-state index contributed by atoms with van der Waals surface area (Å²) >= 11 is 4.87. The Bertz CT molecular complexity index is 1840. The van der Waals surface area contributed by atoms with Crippen LogP contribution in [0.3, 0.4) is 0 Å². The molecule has 0 saturated carbocycles. The number of nitrogens with zero attached hydrogens (tertiary/aromatic N) is 3. The van der Waals surface area contributed by atoms with Crippen molar-refractivity contribution in [1.82, 2.24) is 15.0 Å². The predicted octanol–water partition coefficient (Wildman–Crippen LogP) is 11.8. The molecule has 5 aromatic rings. The molecule has 0 aliphatic heterocycles. The highest BCUT2D eigenvalue weighted by atomic mass is 127. The third-order valence-corrected chi connectivity index (χ3v) is 12.8. The Balaban J connectivity index is 0.000000494. The molecule has 0 atom stereocenters. The first-order valence-corrected chi connectivity index (χ1v) is 22.6. The van der Waals surface area contributed by atoms with Crippen LogP contribution >= 0.6 is 45.2 Å². The van der Waals surface area contributed by atoms with Gasteiger partial charge in [0.05, 0.1) is 0 Å². The van der Waals surface area contributed by atoms with E-state index in [-0.39, 0.29) is 0 Å². The van der Waals surface area contributed by atoms with Crippen LogP contribution in [0.1, 0.15) is 106 Å². The summed E-state index contributed by atoms with van der Waals surface area (Å²) in [7, 11) is -1.44. The van der Waals surface area contributed by atoms with E-state index >= 15 is 0 Å². The lowest BCUT2D eigenvalue weighted by atomic mass is 9.82. The fraction of sp³-hybridized carbons (Fsp3) is 0.426. The number of hydrogen-bond acceptors (Lipinski definition) is 10. The van der Waals surface area contributed by atoms with Gasteiger partial charge < -0.3 is 26.0 Å². The van der Waals surface area contributed by atoms with Crippen molar-refractivity contribution in [2.45, 2.75) is 135 Å². The normalized spacial score (nSPS) is 10.3. The summed E-state index contributed by atoms with van der Waals surface area (Å²) in [6, 6.07) is 12.9. The molecule has 0 amide bonds. The van der Waals surface area contributed by atoms with Crippen molar-refractivity contribution in [3.63, 3.8) is 0 Å². The average Bonchev–Trinajstić information content (AvgIpc) is 3.20. The average molecular weight is 1050 g/mol. The fourth-order valence-corrected chi connectivity index (χ4v) is 7.80. The van der Waals surface area contributed by atoms with Gasteiger partial charge >= 0.3 is 7.12 Å². The highest BCUT2D eigenvalue weighted by molar-refractivity contribution is 14.1. The van der Waals surface area contributed by atoms with Crippen LogP contribution in [-0.4, -0.2) is 60.8 Å². The second kappa shape index (κ2) is 26.9. The molecule has 328 valence electrons. The van der Waals surface area contributed by atoms with Gasteiger partial charge in [-0.3, -0.25) is 10.5 Å². The Morgan fingerprint density at radius 3 is 0.950 bits per heavy atom. The molecule has 0 saturated heterocycles. The summed E-state index contributed by atoms with van der Waals surface area (Å²) < 4.78 is 2.84. The van der Waals surface area contributed by atoms with Crippen molar-refractivity contribution in [3.05, 3.63) is 107 Å². The predicted molar refractivity (Wildman–Crippen MR) is 274 cm³/mol. The fourth-order valence-electron chi connectivity index (χ4n) is 6.18. The number of anilines is 3. The van der Waals surface area contributed by atoms with Crippen LogP contribution in [0, 0.1) is 62.5 Å². The molecule has 5 rings (SSSR count). The number of pyridine rings is 3. The summed E-state index contributed by atoms with van der Waals surface area (Å²) in [4.78, 5) is 13.3. The molecule has 2 aromatic carbocycles. The van der Waals surface area contributed by atoms with Crippen LogP contribution in [0.15, 0.2) is 55.0 Å². The molecule has 60 heavy (non-hydrogen) atoms. The first-order valence-electron chi connectivity index (χ1n) is 20.4. The van der Waals surface area contributed by atoms with Crippen LogP contribution in [0.4, 0.5) is 17.5 Å². The van der Waals surface area contributed by atoms with Crippen molar-refractivity contribution in [2.75, 3.05) is 16.0 Å². The first kappa shape index (κ1) is 54.7. The molecule has 0 aliphatic rings. The van der Waals surface area contributed by atoms with Gasteiger partial charge in [0.25, 0.3) is 0 Å². The Morgan fingerprint density at radius 1 is 0.483 bits per heavy atom. The quantitative estimate of drug-likeness (QED) is 0.0328. The Kier molecular flexibility index (Phi) is 24.5. The number of aromatic nitrogens is 3. The molecule has 10 nitrogen and oxygen atoms in total. The van der Waals surface area contributed by atoms with E-state index in [1.165, 1.54) is 75.4 Å². The van der Waals surface area contributed by atoms with E-state index in [4.69, 9.17) is 20.6 Å². The zero-order valence-corrected chi connectivity index (χ0v) is 42.9. The minimum Gasteiger partial charge on any atom is -0.423 e. The maximum atomic E-state index is 8.79. The lowest BCUT2D eigenvalue weighted by Gasteiger charge is -2.21. The van der Waals surface area contributed by atoms with Crippen molar-refractivity contribution in [2.24, 2.45) is 0 Å². The minimum atomic E-state index is -1.44. The number of nitrogens with one attached hydrogen (secondary N) is 3. The van der Waals surface area contributed by atoms with Crippen molar-refractivity contribution < 1.29 is 20.6 Å². The number of benzene rings is 2. The number of hydrogen-bond donors (Lipinski definition) is 7. The van der Waals surface area contributed by atoms with E-state index in [9.17, 15) is 0 Å². The zero-order valence-electron chi connectivity index (χ0n) is 38.6. The third-order valence-electron chi connectivity index (χ3n) is 9.57. The summed E-state index contributed by atoms with van der Waals surface area (Å²) in [6.07, 6.45) is 6.65. The second-order valence-corrected chi connectivity index (χ2v) is 17.9. The van der Waals surface area contributed by atoms with Gasteiger partial charge in [0.2, 0.25) is 0 Å². The summed E-state index contributed by atoms with van der Waals surface area (Å²) in [6.45, 7) is 34.4. The topological polar surface area (TPSA) is 156 Å². The minimum absolute atomic E-state index is 0.317. The van der Waals surface area contributed by atoms with E-state index in [1.54, 1.807) is 12.1 Å². The van der Waals surface area contributed by atoms with Crippen molar-refractivity contribution in [3.8, 4) is 22.3 Å². The molecule has 0 radical (unpaired) electrons. The second-order valence-electron chi connectivity index (χ2n) is 15.7. The van der Waals surface area contributed by atoms with Crippen LogP contribution in [0.2, 0.25) is 0 Å². The van der Waals surface area contributed by atoms with E-state index in [1.807, 2.05) is 26.2 Å². The summed E-state index contributed by atoms with van der Waals surface area (Å²) in [5, 5.41) is 39.4. The molecule has 0 spiro atoms. The smallest absolute Gasteiger partial charge is 0.423 e. The highest BCUT2D eigenvalue weighted by Gasteiger charge is 2.18. The van der Waals surface area contributed by atoms with E-state index in [0.717, 1.165) is 28.6 Å². The zero-order chi connectivity index (χ0) is 46.0. The molecule has 0 unspecified atom stereocenters. The summed E-state index contributed by atoms with van der Waals surface area (Å²) in [5.41, 5.74) is 16.2. The van der Waals surface area contributed by atoms with E-state index in [0.29, 0.717) is 23.6 Å². The lowest BCUT2D eigenvalue weighted by molar-refractivity contribution is -0.176. The molecule has 13 heteroatoms. The monoisotopic (exact) mass is 1050 g/mol. The number of halogens is 2. The molecular weight excluding hydrogens is 977 g/mol. The van der Waals surface area contributed by atoms with Gasteiger partial charge in [0.1, 0.15) is 17.5 Å². The Hall–Kier alpha value is -3.35. The van der Waals surface area contributed by atoms with Gasteiger partial charge in [-0.25, -0.2) is 15.0 Å². The number of rotatable bonds is 9. The molecule has 0 fully saturated rings. The van der Waals surface area contributed by atoms with Gasteiger partial charge in [-0.1, -0.05) is 26.3 Å². The van der Waals surface area contributed by atoms with Gasteiger partial charge in [-0.15, -0.1) is 0 Å². The molecule has 0 aliphatic carbocycles. The van der Waals surface area contributed by atoms with Crippen LogP contribution in [0.25, 0.3) is 22.3 Å². The first-order chi connectivity index (χ1) is 28.2. The molecule has 3 heterocycles. The largest absolute Gasteiger partial charge is 0.490 e. The van der Waals surface area contributed by atoms with E-state index < -0.39 is 7.12 Å². The standard InChI is InChI=1S/C26H34N4.C10H12I2.C8H13BN2O2.C3H8.H2O2/c1-15(2)29-23-11-9-21(13-27-23)25-17(5)19(7)26(20(8)18(25)6)22-10-12-24(28-14-22)30-16(3)4;1-5-6(2)10(12)8(4)7(3)9(5)11;1-6(2)11-8-4-3-7(5-10-8)9(12)13;1-3-2;1-2/h9-16H,1-8H3,(H,27,29)(H,28,30);1-4H3;3-6,12-13H,1-2H3,(H,10,11);3H2,1-2H3;1-2H. The molecular formula is C47H69BI2N6O4. The van der Waals surface area contributed by atoms with Crippen molar-refractivity contribution in [1.29, 1.82) is 0 Å². The van der Waals surface area contributed by atoms with E-state index in [2.05, 4.69) is 197 Å². The van der Waals surface area contributed by atoms with Crippen LogP contribution < -0.4 is 21.4 Å². The molecule has 3 aromatic heterocycles. The third kappa shape index (κ3) is 16.2. The summed E-state index contributed by atoms with van der Waals surface area (Å²) in [5.74, 6) is 2.56. The highest BCUT2D eigenvalue weighted by Crippen LogP contribution is 2.39. The van der Waals surface area contributed by atoms with Crippen LogP contribution in [-0.2, 0) is 0 Å². The lowest BCUT2D eigenvalue weighted by Crippen LogP contribution is -2.30.